The first-order valence-corrected chi connectivity index (χ1v) is 8.50. The zero-order chi connectivity index (χ0) is 20.4. The predicted octanol–water partition coefficient (Wildman–Crippen LogP) is -1.48. The number of aromatic hydroxyl groups is 2. The van der Waals surface area contributed by atoms with Crippen molar-refractivity contribution in [3.8, 4) is 11.5 Å². The zero-order valence-corrected chi connectivity index (χ0v) is 15.0. The van der Waals surface area contributed by atoms with Crippen LogP contribution in [0.25, 0.3) is 11.2 Å². The van der Waals surface area contributed by atoms with E-state index in [-0.39, 0.29) is 42.3 Å². The van der Waals surface area contributed by atoms with Crippen LogP contribution in [0, 0.1) is 0 Å². The van der Waals surface area contributed by atoms with E-state index < -0.39 is 23.5 Å². The molecule has 0 aliphatic rings. The number of phenolic OH excluding ortho intramolecular Hbond substituents is 2. The van der Waals surface area contributed by atoms with Gasteiger partial charge in [0.15, 0.2) is 11.2 Å². The average molecular weight is 391 g/mol. The number of hydrogen-bond donors (Lipinski definition) is 6. The molecule has 2 unspecified atom stereocenters. The molecule has 0 fully saturated rings. The van der Waals surface area contributed by atoms with E-state index in [4.69, 9.17) is 0 Å². The van der Waals surface area contributed by atoms with Gasteiger partial charge in [-0.25, -0.2) is 9.78 Å². The molecule has 0 radical (unpaired) electrons. The van der Waals surface area contributed by atoms with Gasteiger partial charge in [0.2, 0.25) is 0 Å². The number of H-pyrrole nitrogens is 1. The van der Waals surface area contributed by atoms with E-state index in [1.165, 1.54) is 34.6 Å². The Labute approximate surface area is 158 Å². The molecule has 0 saturated carbocycles. The number of hydrogen-bond acceptors (Lipinski definition) is 8. The van der Waals surface area contributed by atoms with Crippen molar-refractivity contribution in [2.45, 2.75) is 18.8 Å². The number of aryl methyl sites for hydroxylation is 1. The van der Waals surface area contributed by atoms with Crippen molar-refractivity contribution in [3.63, 3.8) is 0 Å². The minimum atomic E-state index is -1.00. The molecule has 1 aromatic carbocycles. The third-order valence-corrected chi connectivity index (χ3v) is 4.31. The van der Waals surface area contributed by atoms with E-state index >= 15 is 0 Å². The number of aromatic nitrogens is 4. The van der Waals surface area contributed by atoms with Crippen LogP contribution in [0.1, 0.15) is 11.7 Å². The average Bonchev–Trinajstić information content (AvgIpc) is 3.03. The molecule has 2 heterocycles. The van der Waals surface area contributed by atoms with E-state index in [0.29, 0.717) is 5.56 Å². The van der Waals surface area contributed by atoms with Gasteiger partial charge in [-0.05, 0) is 17.7 Å². The largest absolute Gasteiger partial charge is 0.508 e. The van der Waals surface area contributed by atoms with Crippen molar-refractivity contribution in [2.75, 3.05) is 13.1 Å². The lowest BCUT2D eigenvalue weighted by atomic mass is 10.1. The van der Waals surface area contributed by atoms with Gasteiger partial charge in [-0.15, -0.1) is 0 Å². The molecule has 0 bridgehead atoms. The van der Waals surface area contributed by atoms with Crippen molar-refractivity contribution < 1.29 is 20.4 Å². The lowest BCUT2D eigenvalue weighted by Crippen LogP contribution is -2.34. The summed E-state index contributed by atoms with van der Waals surface area (Å²) < 4.78 is 2.66. The number of nitrogens with zero attached hydrogens (tertiary/aromatic N) is 3. The third-order valence-electron chi connectivity index (χ3n) is 4.31. The quantitative estimate of drug-likeness (QED) is 0.284. The van der Waals surface area contributed by atoms with Gasteiger partial charge in [0, 0.05) is 26.2 Å². The molecular weight excluding hydrogens is 370 g/mol. The molecule has 6 N–H and O–H groups in total. The Bertz CT molecular complexity index is 1080. The Morgan fingerprint density at radius 3 is 2.50 bits per heavy atom. The highest BCUT2D eigenvalue weighted by Gasteiger charge is 2.15. The Hall–Kier alpha value is -3.15. The number of aromatic amines is 1. The number of aliphatic hydroxyl groups is 2. The van der Waals surface area contributed by atoms with E-state index in [1.807, 2.05) is 0 Å². The first-order valence-electron chi connectivity index (χ1n) is 8.50. The number of fused-ring (bicyclic) bond motifs is 1. The van der Waals surface area contributed by atoms with Crippen LogP contribution in [-0.4, -0.2) is 58.7 Å². The number of nitrogens with one attached hydrogen (secondary N) is 2. The lowest BCUT2D eigenvalue weighted by molar-refractivity contribution is 0.135. The zero-order valence-electron chi connectivity index (χ0n) is 15.0. The van der Waals surface area contributed by atoms with Gasteiger partial charge in [0.25, 0.3) is 5.56 Å². The molecule has 0 aliphatic heterocycles. The number of imidazole rings is 1. The van der Waals surface area contributed by atoms with Gasteiger partial charge in [0.1, 0.15) is 11.5 Å². The second kappa shape index (κ2) is 7.84. The van der Waals surface area contributed by atoms with Crippen LogP contribution in [0.4, 0.5) is 0 Å². The van der Waals surface area contributed by atoms with Crippen LogP contribution < -0.4 is 16.6 Å². The summed E-state index contributed by atoms with van der Waals surface area (Å²) in [6, 6.07) is 3.81. The van der Waals surface area contributed by atoms with Crippen molar-refractivity contribution in [1.29, 1.82) is 0 Å². The minimum absolute atomic E-state index is 0.0494. The highest BCUT2D eigenvalue weighted by atomic mass is 16.3. The molecule has 0 spiro atoms. The van der Waals surface area contributed by atoms with Crippen molar-refractivity contribution in [3.05, 3.63) is 50.9 Å². The van der Waals surface area contributed by atoms with E-state index in [0.717, 1.165) is 6.07 Å². The molecule has 0 aliphatic carbocycles. The van der Waals surface area contributed by atoms with Gasteiger partial charge < -0.3 is 30.3 Å². The molecule has 11 heteroatoms. The van der Waals surface area contributed by atoms with E-state index in [1.54, 1.807) is 0 Å². The topological polar surface area (TPSA) is 166 Å². The molecule has 2 atom stereocenters. The van der Waals surface area contributed by atoms with E-state index in [9.17, 15) is 30.0 Å². The van der Waals surface area contributed by atoms with Gasteiger partial charge in [-0.2, -0.15) is 0 Å². The second-order valence-corrected chi connectivity index (χ2v) is 6.50. The normalized spacial score (nSPS) is 13.7. The monoisotopic (exact) mass is 391 g/mol. The highest BCUT2D eigenvalue weighted by molar-refractivity contribution is 5.69. The van der Waals surface area contributed by atoms with Crippen LogP contribution in [0.2, 0.25) is 0 Å². The van der Waals surface area contributed by atoms with Gasteiger partial charge in [-0.3, -0.25) is 14.3 Å². The summed E-state index contributed by atoms with van der Waals surface area (Å²) in [4.78, 5) is 29.9. The van der Waals surface area contributed by atoms with E-state index in [2.05, 4.69) is 15.3 Å². The summed E-state index contributed by atoms with van der Waals surface area (Å²) in [7, 11) is 1.48. The summed E-state index contributed by atoms with van der Waals surface area (Å²) in [5, 5.41) is 42.1. The van der Waals surface area contributed by atoms with Crippen LogP contribution in [0.3, 0.4) is 0 Å². The van der Waals surface area contributed by atoms with Crippen molar-refractivity contribution >= 4 is 11.2 Å². The summed E-state index contributed by atoms with van der Waals surface area (Å²) in [5.74, 6) is -0.332. The number of rotatable bonds is 7. The summed E-state index contributed by atoms with van der Waals surface area (Å²) in [6.07, 6.45) is -0.539. The molecule has 0 saturated heterocycles. The van der Waals surface area contributed by atoms with Gasteiger partial charge in [-0.1, -0.05) is 0 Å². The maximum Gasteiger partial charge on any atom is 0.329 e. The molecule has 3 aromatic rings. The smallest absolute Gasteiger partial charge is 0.329 e. The van der Waals surface area contributed by atoms with Crippen LogP contribution >= 0.6 is 0 Å². The predicted molar refractivity (Wildman–Crippen MR) is 99.2 cm³/mol. The molecular formula is C17H21N5O6. The fourth-order valence-corrected chi connectivity index (χ4v) is 2.93. The second-order valence-electron chi connectivity index (χ2n) is 6.50. The maximum absolute atomic E-state index is 12.0. The molecule has 2 aromatic heterocycles. The van der Waals surface area contributed by atoms with Gasteiger partial charge >= 0.3 is 5.69 Å². The standard InChI is InChI=1S/C17H21N5O6/c1-21-15-14(16(27)20-17(21)28)22(8-19-15)7-12(25)5-18-6-13(26)9-2-10(23)4-11(24)3-9/h2-4,8,12-13,18,23-26H,5-7H2,1H3,(H,20,27,28). The summed E-state index contributed by atoms with van der Waals surface area (Å²) in [5.41, 5.74) is -0.441. The fraction of sp³-hybridized carbons (Fsp3) is 0.353. The van der Waals surface area contributed by atoms with Crippen LogP contribution in [0.5, 0.6) is 11.5 Å². The SMILES string of the molecule is Cn1c(=O)[nH]c(=O)c2c1ncn2CC(O)CNCC(O)c1cc(O)cc(O)c1. The van der Waals surface area contributed by atoms with Gasteiger partial charge in [0.05, 0.1) is 25.1 Å². The first-order chi connectivity index (χ1) is 13.3. The lowest BCUT2D eigenvalue weighted by Gasteiger charge is -2.16. The Morgan fingerprint density at radius 1 is 1.14 bits per heavy atom. The van der Waals surface area contributed by atoms with Crippen molar-refractivity contribution in [1.82, 2.24) is 24.4 Å². The Balaban J connectivity index is 1.61. The minimum Gasteiger partial charge on any atom is -0.508 e. The molecule has 0 amide bonds. The van der Waals surface area contributed by atoms with Crippen molar-refractivity contribution in [2.24, 2.45) is 7.05 Å². The Morgan fingerprint density at radius 2 is 1.82 bits per heavy atom. The highest BCUT2D eigenvalue weighted by Crippen LogP contribution is 2.24. The first kappa shape index (κ1) is 19.6. The molecule has 11 nitrogen and oxygen atoms in total. The summed E-state index contributed by atoms with van der Waals surface area (Å²) >= 11 is 0. The maximum atomic E-state index is 12.0. The summed E-state index contributed by atoms with van der Waals surface area (Å²) in [6.45, 7) is 0.221. The number of benzene rings is 1. The molecule has 28 heavy (non-hydrogen) atoms. The third kappa shape index (κ3) is 4.06. The Kier molecular flexibility index (Phi) is 5.49. The molecule has 3 rings (SSSR count). The van der Waals surface area contributed by atoms with Crippen LogP contribution in [0.15, 0.2) is 34.1 Å². The number of phenols is 2. The molecule has 150 valence electrons. The number of aliphatic hydroxyl groups excluding tert-OH is 2. The fourth-order valence-electron chi connectivity index (χ4n) is 2.93. The van der Waals surface area contributed by atoms with Crippen LogP contribution in [-0.2, 0) is 13.6 Å².